The van der Waals surface area contributed by atoms with E-state index in [9.17, 15) is 32.7 Å². The maximum Gasteiger partial charge on any atom is 0.344 e. The number of ether oxygens (including phenoxy) is 2. The lowest BCUT2D eigenvalue weighted by molar-refractivity contribution is -0.145. The Kier molecular flexibility index (Phi) is 6.84. The topological polar surface area (TPSA) is 103 Å². The van der Waals surface area contributed by atoms with Gasteiger partial charge < -0.3 is 14.6 Å². The summed E-state index contributed by atoms with van der Waals surface area (Å²) in [4.78, 5) is 38.4. The van der Waals surface area contributed by atoms with Gasteiger partial charge in [0.2, 0.25) is 0 Å². The van der Waals surface area contributed by atoms with Gasteiger partial charge in [0, 0.05) is 12.3 Å². The van der Waals surface area contributed by atoms with Crippen molar-refractivity contribution in [3.63, 3.8) is 0 Å². The number of fused-ring (bicyclic) bond motifs is 1. The predicted molar refractivity (Wildman–Crippen MR) is 91.6 cm³/mol. The highest BCUT2D eigenvalue weighted by Gasteiger charge is 2.27. The van der Waals surface area contributed by atoms with E-state index < -0.39 is 64.0 Å². The molecule has 0 aliphatic carbocycles. The number of Topliss-reactive ketones (excluding diaryl/α,β-unsaturated/α-hetero) is 1. The molecule has 2 rings (SSSR count). The number of pyridine rings is 1. The molecule has 0 atom stereocenters. The number of hydrogen-bond donors (Lipinski definition) is 1. The highest BCUT2D eigenvalue weighted by atomic mass is 32.2. The summed E-state index contributed by atoms with van der Waals surface area (Å²) in [5.74, 6) is -8.55. The van der Waals surface area contributed by atoms with Gasteiger partial charge in [-0.15, -0.1) is 0 Å². The molecule has 2 aromatic rings. The Morgan fingerprint density at radius 3 is 2.46 bits per heavy atom. The zero-order chi connectivity index (χ0) is 21.0. The minimum absolute atomic E-state index is 0.0715. The summed E-state index contributed by atoms with van der Waals surface area (Å²) < 4.78 is 50.4. The molecule has 0 saturated heterocycles. The molecule has 150 valence electrons. The van der Waals surface area contributed by atoms with Crippen LogP contribution in [0.25, 0.3) is 10.9 Å². The van der Waals surface area contributed by atoms with E-state index in [-0.39, 0.29) is 17.4 Å². The number of nitrogens with zero attached hydrogens (tertiary/aromatic N) is 1. The van der Waals surface area contributed by atoms with Crippen LogP contribution in [0.5, 0.6) is 5.75 Å². The van der Waals surface area contributed by atoms with Gasteiger partial charge >= 0.3 is 11.9 Å². The number of carbonyl (C=O) groups excluding carboxylic acids is 3. The standard InChI is InChI=1S/C17H14F3NO6S/c1-3-26-17(25)11-15(24)9-4-10(18)12(19)13(20)14(9)21-16(11)28-6-8(23)5-27-7(2)22/h4H,3,5-6H2,1-2H3,(H,21,24). The Balaban J connectivity index is 2.52. The summed E-state index contributed by atoms with van der Waals surface area (Å²) in [5, 5.41) is 9.48. The van der Waals surface area contributed by atoms with Crippen LogP contribution in [0, 0.1) is 17.5 Å². The van der Waals surface area contributed by atoms with E-state index >= 15 is 0 Å². The molecule has 0 unspecified atom stereocenters. The molecule has 0 amide bonds. The van der Waals surface area contributed by atoms with Crippen LogP contribution in [0.4, 0.5) is 13.2 Å². The van der Waals surface area contributed by atoms with Crippen molar-refractivity contribution in [3.05, 3.63) is 29.1 Å². The summed E-state index contributed by atoms with van der Waals surface area (Å²) in [6, 6.07) is 0.499. The number of hydrogen-bond acceptors (Lipinski definition) is 8. The number of rotatable bonds is 7. The number of esters is 2. The molecular formula is C17H14F3NO6S. The van der Waals surface area contributed by atoms with Crippen LogP contribution in [0.15, 0.2) is 11.1 Å². The first-order valence-corrected chi connectivity index (χ1v) is 8.81. The predicted octanol–water partition coefficient (Wildman–Crippen LogP) is 2.76. The summed E-state index contributed by atoms with van der Waals surface area (Å²) in [6.45, 7) is 2.00. The average molecular weight is 417 g/mol. The van der Waals surface area contributed by atoms with E-state index in [1.165, 1.54) is 6.92 Å². The van der Waals surface area contributed by atoms with Crippen molar-refractivity contribution in [2.45, 2.75) is 18.9 Å². The second kappa shape index (κ2) is 8.91. The van der Waals surface area contributed by atoms with E-state index in [1.54, 1.807) is 0 Å². The van der Waals surface area contributed by atoms with E-state index in [0.29, 0.717) is 17.8 Å². The van der Waals surface area contributed by atoms with Gasteiger partial charge in [0.25, 0.3) is 0 Å². The summed E-state index contributed by atoms with van der Waals surface area (Å²) in [6.07, 6.45) is 0. The molecule has 0 fully saturated rings. The lowest BCUT2D eigenvalue weighted by Crippen LogP contribution is -2.15. The summed E-state index contributed by atoms with van der Waals surface area (Å²) in [5.41, 5.74) is -1.25. The molecule has 0 saturated carbocycles. The van der Waals surface area contributed by atoms with Crippen LogP contribution in [-0.4, -0.2) is 46.8 Å². The maximum absolute atomic E-state index is 14.1. The summed E-state index contributed by atoms with van der Waals surface area (Å²) in [7, 11) is 0. The molecule has 0 bridgehead atoms. The number of halogens is 3. The van der Waals surface area contributed by atoms with Crippen LogP contribution in [0.3, 0.4) is 0 Å². The van der Waals surface area contributed by atoms with Crippen molar-refractivity contribution in [1.29, 1.82) is 0 Å². The normalized spacial score (nSPS) is 10.8. The second-order valence-corrected chi connectivity index (χ2v) is 6.32. The first-order valence-electron chi connectivity index (χ1n) is 7.82. The zero-order valence-electron chi connectivity index (χ0n) is 14.7. The maximum atomic E-state index is 14.1. The SMILES string of the molecule is CCOC(=O)c1c(SCC(=O)COC(C)=O)nc2c(F)c(F)c(F)cc2c1O. The second-order valence-electron chi connectivity index (χ2n) is 5.35. The van der Waals surface area contributed by atoms with Gasteiger partial charge in [-0.25, -0.2) is 22.9 Å². The molecule has 11 heteroatoms. The van der Waals surface area contributed by atoms with Crippen LogP contribution < -0.4 is 0 Å². The molecule has 0 spiro atoms. The van der Waals surface area contributed by atoms with Gasteiger partial charge in [-0.3, -0.25) is 9.59 Å². The molecule has 0 radical (unpaired) electrons. The van der Waals surface area contributed by atoms with Gasteiger partial charge in [0.1, 0.15) is 21.9 Å². The van der Waals surface area contributed by atoms with Gasteiger partial charge in [-0.1, -0.05) is 11.8 Å². The highest BCUT2D eigenvalue weighted by molar-refractivity contribution is 8.00. The van der Waals surface area contributed by atoms with Crippen LogP contribution in [0.2, 0.25) is 0 Å². The van der Waals surface area contributed by atoms with E-state index in [2.05, 4.69) is 9.72 Å². The third-order valence-electron chi connectivity index (χ3n) is 3.34. The molecule has 7 nitrogen and oxygen atoms in total. The molecule has 1 aromatic heterocycles. The third kappa shape index (κ3) is 4.53. The number of aromatic hydroxyl groups is 1. The smallest absolute Gasteiger partial charge is 0.344 e. The van der Waals surface area contributed by atoms with Crippen molar-refractivity contribution in [2.75, 3.05) is 19.0 Å². The van der Waals surface area contributed by atoms with Gasteiger partial charge in [0.05, 0.1) is 12.4 Å². The van der Waals surface area contributed by atoms with Crippen molar-refractivity contribution in [2.24, 2.45) is 0 Å². The number of aromatic nitrogens is 1. The molecule has 0 aliphatic rings. The van der Waals surface area contributed by atoms with Crippen molar-refractivity contribution < 1.29 is 42.1 Å². The lowest BCUT2D eigenvalue weighted by atomic mass is 10.1. The van der Waals surface area contributed by atoms with Crippen molar-refractivity contribution in [3.8, 4) is 5.75 Å². The van der Waals surface area contributed by atoms with Gasteiger partial charge in [0.15, 0.2) is 29.8 Å². The van der Waals surface area contributed by atoms with Crippen LogP contribution in [0.1, 0.15) is 24.2 Å². The molecule has 1 heterocycles. The minimum Gasteiger partial charge on any atom is -0.506 e. The monoisotopic (exact) mass is 417 g/mol. The quantitative estimate of drug-likeness (QED) is 0.417. The van der Waals surface area contributed by atoms with Crippen LogP contribution >= 0.6 is 11.8 Å². The van der Waals surface area contributed by atoms with Gasteiger partial charge in [-0.05, 0) is 13.0 Å². The average Bonchev–Trinajstić information content (AvgIpc) is 2.64. The molecular weight excluding hydrogens is 403 g/mol. The Morgan fingerprint density at radius 2 is 1.86 bits per heavy atom. The number of benzene rings is 1. The van der Waals surface area contributed by atoms with Crippen LogP contribution in [-0.2, 0) is 19.1 Å². The Bertz CT molecular complexity index is 966. The minimum atomic E-state index is -1.80. The number of ketones is 1. The number of carbonyl (C=O) groups is 3. The molecule has 1 N–H and O–H groups in total. The summed E-state index contributed by atoms with van der Waals surface area (Å²) >= 11 is 0.613. The third-order valence-corrected chi connectivity index (χ3v) is 4.38. The lowest BCUT2D eigenvalue weighted by Gasteiger charge is -2.13. The van der Waals surface area contributed by atoms with E-state index in [0.717, 1.165) is 6.92 Å². The Hall–Kier alpha value is -2.82. The molecule has 1 aromatic carbocycles. The first-order chi connectivity index (χ1) is 13.2. The first kappa shape index (κ1) is 21.5. The van der Waals surface area contributed by atoms with E-state index in [4.69, 9.17) is 4.74 Å². The molecule has 0 aliphatic heterocycles. The van der Waals surface area contributed by atoms with Gasteiger partial charge in [-0.2, -0.15) is 0 Å². The fourth-order valence-electron chi connectivity index (χ4n) is 2.13. The highest BCUT2D eigenvalue weighted by Crippen LogP contribution is 2.37. The Labute approximate surface area is 160 Å². The van der Waals surface area contributed by atoms with Crippen molar-refractivity contribution in [1.82, 2.24) is 4.98 Å². The fraction of sp³-hybridized carbons (Fsp3) is 0.294. The van der Waals surface area contributed by atoms with E-state index in [1.807, 2.05) is 0 Å². The number of thioether (sulfide) groups is 1. The Morgan fingerprint density at radius 1 is 1.18 bits per heavy atom. The fourth-order valence-corrected chi connectivity index (χ4v) is 2.99. The zero-order valence-corrected chi connectivity index (χ0v) is 15.5. The molecule has 28 heavy (non-hydrogen) atoms. The van der Waals surface area contributed by atoms with Crippen molar-refractivity contribution >= 4 is 40.4 Å². The largest absolute Gasteiger partial charge is 0.506 e.